The molecular weight excluding hydrogens is 342 g/mol. The van der Waals surface area contributed by atoms with Gasteiger partial charge in [0, 0.05) is 10.6 Å². The Kier molecular flexibility index (Phi) is 6.42. The van der Waals surface area contributed by atoms with Gasteiger partial charge in [0.25, 0.3) is 5.91 Å². The first-order chi connectivity index (χ1) is 11.9. The van der Waals surface area contributed by atoms with E-state index in [4.69, 9.17) is 21.1 Å². The monoisotopic (exact) mass is 361 g/mol. The van der Waals surface area contributed by atoms with Crippen LogP contribution in [-0.4, -0.2) is 25.4 Å². The maximum atomic E-state index is 12.1. The van der Waals surface area contributed by atoms with E-state index in [0.717, 1.165) is 5.56 Å². The van der Waals surface area contributed by atoms with Crippen molar-refractivity contribution in [2.24, 2.45) is 0 Å². The molecule has 0 saturated carbocycles. The third kappa shape index (κ3) is 5.22. The summed E-state index contributed by atoms with van der Waals surface area (Å²) in [6, 6.07) is 11.9. The van der Waals surface area contributed by atoms with Crippen LogP contribution in [0.15, 0.2) is 42.5 Å². The number of methoxy groups -OCH3 is 1. The van der Waals surface area contributed by atoms with E-state index in [2.05, 4.69) is 5.32 Å². The molecule has 0 saturated heterocycles. The van der Waals surface area contributed by atoms with Crippen LogP contribution in [0, 0.1) is 0 Å². The molecule has 0 radical (unpaired) electrons. The fraction of sp³-hybridized carbons (Fsp3) is 0.263. The number of benzene rings is 2. The molecule has 1 amide bonds. The number of carbonyl (C=O) groups excluding carboxylic acids is 2. The van der Waals surface area contributed by atoms with Crippen molar-refractivity contribution >= 4 is 23.3 Å². The summed E-state index contributed by atoms with van der Waals surface area (Å²) >= 11 is 5.96. The molecule has 1 N–H and O–H groups in total. The number of hydrogen-bond donors (Lipinski definition) is 1. The highest BCUT2D eigenvalue weighted by Crippen LogP contribution is 2.28. The molecule has 0 aliphatic carbocycles. The zero-order valence-corrected chi connectivity index (χ0v) is 15.1. The number of ether oxygens (including phenoxy) is 2. The van der Waals surface area contributed by atoms with Gasteiger partial charge in [-0.05, 0) is 49.7 Å². The Morgan fingerprint density at radius 3 is 2.56 bits per heavy atom. The van der Waals surface area contributed by atoms with Crippen LogP contribution >= 0.6 is 11.6 Å². The molecule has 2 aromatic carbocycles. The van der Waals surface area contributed by atoms with Crippen LogP contribution < -0.4 is 14.8 Å². The van der Waals surface area contributed by atoms with Crippen molar-refractivity contribution < 1.29 is 19.1 Å². The van der Waals surface area contributed by atoms with Crippen LogP contribution in [0.5, 0.6) is 11.5 Å². The molecule has 0 bridgehead atoms. The van der Waals surface area contributed by atoms with Gasteiger partial charge in [-0.25, -0.2) is 0 Å². The predicted octanol–water partition coefficient (Wildman–Crippen LogP) is 3.81. The molecule has 2 aromatic rings. The van der Waals surface area contributed by atoms with E-state index in [1.54, 1.807) is 30.3 Å². The highest BCUT2D eigenvalue weighted by atomic mass is 35.5. The average molecular weight is 362 g/mol. The molecule has 0 aliphatic rings. The summed E-state index contributed by atoms with van der Waals surface area (Å²) < 4.78 is 10.7. The minimum atomic E-state index is -0.273. The molecule has 1 unspecified atom stereocenters. The van der Waals surface area contributed by atoms with Crippen molar-refractivity contribution in [3.63, 3.8) is 0 Å². The van der Waals surface area contributed by atoms with Gasteiger partial charge in [-0.15, -0.1) is 0 Å². The minimum absolute atomic E-state index is 0.0714. The van der Waals surface area contributed by atoms with Crippen molar-refractivity contribution in [1.82, 2.24) is 5.32 Å². The molecule has 0 aromatic heterocycles. The Bertz CT molecular complexity index is 776. The van der Waals surface area contributed by atoms with Crippen LogP contribution in [0.25, 0.3) is 0 Å². The second kappa shape index (κ2) is 8.53. The standard InChI is InChI=1S/C19H20ClNO4/c1-12(14-5-4-6-16(20)9-14)21-19(23)11-25-17-8-7-15(13(2)22)10-18(17)24-3/h4-10,12H,11H2,1-3H3,(H,21,23). The summed E-state index contributed by atoms with van der Waals surface area (Å²) in [5.41, 5.74) is 1.42. The molecule has 0 fully saturated rings. The lowest BCUT2D eigenvalue weighted by Crippen LogP contribution is -2.31. The first kappa shape index (κ1) is 18.8. The normalized spacial score (nSPS) is 11.5. The second-order valence-corrected chi connectivity index (χ2v) is 5.99. The quantitative estimate of drug-likeness (QED) is 0.762. The first-order valence-electron chi connectivity index (χ1n) is 7.77. The maximum absolute atomic E-state index is 12.1. The molecule has 5 nitrogen and oxygen atoms in total. The molecule has 6 heteroatoms. The molecule has 25 heavy (non-hydrogen) atoms. The molecule has 2 rings (SSSR count). The molecule has 1 atom stereocenters. The minimum Gasteiger partial charge on any atom is -0.493 e. The third-order valence-electron chi connectivity index (χ3n) is 3.66. The van der Waals surface area contributed by atoms with Crippen molar-refractivity contribution in [2.45, 2.75) is 19.9 Å². The van der Waals surface area contributed by atoms with Gasteiger partial charge in [0.2, 0.25) is 0 Å². The number of halogens is 1. The molecular formula is C19H20ClNO4. The van der Waals surface area contributed by atoms with Crippen LogP contribution in [0.3, 0.4) is 0 Å². The van der Waals surface area contributed by atoms with E-state index in [0.29, 0.717) is 22.1 Å². The molecule has 0 spiro atoms. The van der Waals surface area contributed by atoms with E-state index in [1.165, 1.54) is 14.0 Å². The number of hydrogen-bond acceptors (Lipinski definition) is 4. The van der Waals surface area contributed by atoms with Gasteiger partial charge < -0.3 is 14.8 Å². The Hall–Kier alpha value is -2.53. The topological polar surface area (TPSA) is 64.6 Å². The summed E-state index contributed by atoms with van der Waals surface area (Å²) in [4.78, 5) is 23.5. The van der Waals surface area contributed by atoms with Gasteiger partial charge in [0.15, 0.2) is 23.9 Å². The van der Waals surface area contributed by atoms with E-state index in [9.17, 15) is 9.59 Å². The molecule has 0 heterocycles. The van der Waals surface area contributed by atoms with Crippen molar-refractivity contribution in [1.29, 1.82) is 0 Å². The Morgan fingerprint density at radius 2 is 1.92 bits per heavy atom. The second-order valence-electron chi connectivity index (χ2n) is 5.55. The summed E-state index contributed by atoms with van der Waals surface area (Å²) in [6.07, 6.45) is 0. The van der Waals surface area contributed by atoms with Gasteiger partial charge in [0.05, 0.1) is 13.2 Å². The highest BCUT2D eigenvalue weighted by Gasteiger charge is 2.13. The van der Waals surface area contributed by atoms with Crippen molar-refractivity contribution in [3.8, 4) is 11.5 Å². The average Bonchev–Trinajstić information content (AvgIpc) is 2.59. The largest absolute Gasteiger partial charge is 0.493 e. The molecule has 0 aliphatic heterocycles. The number of amides is 1. The van der Waals surface area contributed by atoms with E-state index >= 15 is 0 Å². The summed E-state index contributed by atoms with van der Waals surface area (Å²) in [5.74, 6) is 0.463. The van der Waals surface area contributed by atoms with E-state index in [-0.39, 0.29) is 24.3 Å². The summed E-state index contributed by atoms with van der Waals surface area (Å²) in [7, 11) is 1.48. The SMILES string of the molecule is COc1cc(C(C)=O)ccc1OCC(=O)NC(C)c1cccc(Cl)c1. The van der Waals surface area contributed by atoms with Crippen LogP contribution in [0.1, 0.15) is 35.8 Å². The lowest BCUT2D eigenvalue weighted by molar-refractivity contribution is -0.123. The molecule has 132 valence electrons. The summed E-state index contributed by atoms with van der Waals surface area (Å²) in [5, 5.41) is 3.46. The van der Waals surface area contributed by atoms with Gasteiger partial charge in [-0.1, -0.05) is 23.7 Å². The number of rotatable bonds is 7. The predicted molar refractivity (Wildman–Crippen MR) is 96.5 cm³/mol. The first-order valence-corrected chi connectivity index (χ1v) is 8.15. The number of Topliss-reactive ketones (excluding diaryl/α,β-unsaturated/α-hetero) is 1. The summed E-state index contributed by atoms with van der Waals surface area (Å²) in [6.45, 7) is 3.17. The van der Waals surface area contributed by atoms with Gasteiger partial charge in [0.1, 0.15) is 0 Å². The Labute approximate surface area is 151 Å². The number of ketones is 1. The lowest BCUT2D eigenvalue weighted by Gasteiger charge is -2.16. The van der Waals surface area contributed by atoms with E-state index in [1.807, 2.05) is 19.1 Å². The third-order valence-corrected chi connectivity index (χ3v) is 3.89. The van der Waals surface area contributed by atoms with Gasteiger partial charge in [-0.3, -0.25) is 9.59 Å². The highest BCUT2D eigenvalue weighted by molar-refractivity contribution is 6.30. The zero-order chi connectivity index (χ0) is 18.4. The van der Waals surface area contributed by atoms with Crippen molar-refractivity contribution in [3.05, 3.63) is 58.6 Å². The van der Waals surface area contributed by atoms with E-state index < -0.39 is 0 Å². The van der Waals surface area contributed by atoms with Crippen LogP contribution in [0.2, 0.25) is 5.02 Å². The Morgan fingerprint density at radius 1 is 1.16 bits per heavy atom. The Balaban J connectivity index is 1.96. The van der Waals surface area contributed by atoms with Gasteiger partial charge >= 0.3 is 0 Å². The smallest absolute Gasteiger partial charge is 0.258 e. The fourth-order valence-electron chi connectivity index (χ4n) is 2.29. The maximum Gasteiger partial charge on any atom is 0.258 e. The lowest BCUT2D eigenvalue weighted by atomic mass is 10.1. The van der Waals surface area contributed by atoms with Crippen LogP contribution in [0.4, 0.5) is 0 Å². The van der Waals surface area contributed by atoms with Crippen molar-refractivity contribution in [2.75, 3.05) is 13.7 Å². The van der Waals surface area contributed by atoms with Gasteiger partial charge in [-0.2, -0.15) is 0 Å². The zero-order valence-electron chi connectivity index (χ0n) is 14.3. The van der Waals surface area contributed by atoms with Crippen LogP contribution in [-0.2, 0) is 4.79 Å². The fourth-order valence-corrected chi connectivity index (χ4v) is 2.49. The number of nitrogens with one attached hydrogen (secondary N) is 1. The number of carbonyl (C=O) groups is 2.